The summed E-state index contributed by atoms with van der Waals surface area (Å²) in [5.41, 5.74) is 6.82. The highest BCUT2D eigenvalue weighted by atomic mass is 15.0. The number of aromatic nitrogens is 1. The third kappa shape index (κ3) is 10.7. The number of amidine groups is 1. The van der Waals surface area contributed by atoms with E-state index in [1.54, 1.807) is 6.08 Å². The van der Waals surface area contributed by atoms with Crippen molar-refractivity contribution in [1.82, 2.24) is 10.3 Å². The van der Waals surface area contributed by atoms with E-state index in [9.17, 15) is 0 Å². The summed E-state index contributed by atoms with van der Waals surface area (Å²) >= 11 is 0. The van der Waals surface area contributed by atoms with Crippen molar-refractivity contribution in [2.24, 2.45) is 10.4 Å². The minimum atomic E-state index is 0.258. The van der Waals surface area contributed by atoms with E-state index in [1.165, 1.54) is 0 Å². The number of benzene rings is 1. The molecule has 1 aromatic heterocycles. The maximum atomic E-state index is 4.60. The molecule has 0 amide bonds. The Morgan fingerprint density at radius 1 is 1.08 bits per heavy atom. The summed E-state index contributed by atoms with van der Waals surface area (Å²) in [6.07, 6.45) is 11.0. The van der Waals surface area contributed by atoms with Gasteiger partial charge in [-0.2, -0.15) is 0 Å². The molecule has 0 fully saturated rings. The van der Waals surface area contributed by atoms with Crippen molar-refractivity contribution < 1.29 is 0 Å². The first-order valence-electron chi connectivity index (χ1n) is 12.6. The highest BCUT2D eigenvalue weighted by molar-refractivity contribution is 5.93. The number of hydrogen-bond acceptors (Lipinski definition) is 3. The number of nitrogens with zero attached hydrogens (tertiary/aromatic N) is 2. The Balaban J connectivity index is 0.00000316. The molecule has 36 heavy (non-hydrogen) atoms. The van der Waals surface area contributed by atoms with E-state index in [4.69, 9.17) is 0 Å². The van der Waals surface area contributed by atoms with Gasteiger partial charge in [0.25, 0.3) is 0 Å². The quantitative estimate of drug-likeness (QED) is 0.248. The summed E-state index contributed by atoms with van der Waals surface area (Å²) in [7, 11) is 0. The van der Waals surface area contributed by atoms with E-state index in [-0.39, 0.29) is 5.41 Å². The van der Waals surface area contributed by atoms with Gasteiger partial charge in [-0.25, -0.2) is 0 Å². The number of aliphatic imine (C=N–C) groups is 1. The van der Waals surface area contributed by atoms with Gasteiger partial charge in [-0.3, -0.25) is 9.98 Å². The van der Waals surface area contributed by atoms with Crippen molar-refractivity contribution in [3.8, 4) is 0 Å². The summed E-state index contributed by atoms with van der Waals surface area (Å²) in [6.45, 7) is 29.5. The summed E-state index contributed by atoms with van der Waals surface area (Å²) in [4.78, 5) is 9.12. The lowest BCUT2D eigenvalue weighted by molar-refractivity contribution is 0.385. The van der Waals surface area contributed by atoms with Gasteiger partial charge in [0, 0.05) is 47.4 Å². The number of nitrogens with one attached hydrogen (secondary N) is 2. The number of hydrogen-bond donors (Lipinski definition) is 2. The Morgan fingerprint density at radius 3 is 2.31 bits per heavy atom. The van der Waals surface area contributed by atoms with Crippen LogP contribution >= 0.6 is 0 Å². The maximum Gasteiger partial charge on any atom is 0.124 e. The second-order valence-corrected chi connectivity index (χ2v) is 9.39. The SMILES string of the molecule is C=CC(=NCCC(C)(C)C)NC(=C)Cc1ccc(NC(=C)c2cnc(/C=C\C)c(C=C)c2)cc1.CC. The molecule has 192 valence electrons. The Hall–Kier alpha value is -3.66. The van der Waals surface area contributed by atoms with Crippen molar-refractivity contribution in [3.05, 3.63) is 103 Å². The van der Waals surface area contributed by atoms with E-state index in [0.717, 1.165) is 58.3 Å². The van der Waals surface area contributed by atoms with Crippen LogP contribution in [0, 0.1) is 5.41 Å². The summed E-state index contributed by atoms with van der Waals surface area (Å²) in [6, 6.07) is 10.3. The molecule has 0 saturated carbocycles. The van der Waals surface area contributed by atoms with Crippen LogP contribution in [0.1, 0.15) is 70.3 Å². The van der Waals surface area contributed by atoms with Crippen molar-refractivity contribution in [2.75, 3.05) is 11.9 Å². The fourth-order valence-corrected chi connectivity index (χ4v) is 3.21. The third-order valence-corrected chi connectivity index (χ3v) is 5.15. The van der Waals surface area contributed by atoms with Gasteiger partial charge in [0.05, 0.1) is 5.69 Å². The maximum absolute atomic E-state index is 4.60. The summed E-state index contributed by atoms with van der Waals surface area (Å²) in [5, 5.41) is 6.64. The fraction of sp³-hybridized carbons (Fsp3) is 0.312. The predicted octanol–water partition coefficient (Wildman–Crippen LogP) is 8.53. The van der Waals surface area contributed by atoms with Gasteiger partial charge >= 0.3 is 0 Å². The molecule has 2 rings (SSSR count). The molecular formula is C32H44N4. The molecule has 0 radical (unpaired) electrons. The Morgan fingerprint density at radius 2 is 1.75 bits per heavy atom. The largest absolute Gasteiger partial charge is 0.355 e. The van der Waals surface area contributed by atoms with Crippen LogP contribution in [0.25, 0.3) is 17.8 Å². The molecule has 0 aliphatic heterocycles. The standard InChI is InChI=1S/C30H38N4.C2H6/c1-9-12-28-25(10-2)20-26(21-32-28)23(5)34-27-15-13-24(14-16-27)19-22(4)33-29(11-3)31-18-17-30(6,7)8;1-2/h9-16,20-21,34H,2-5,17-19H2,1,6-8H3,(H,31,33);1-2H3/b12-9-;. The lowest BCUT2D eigenvalue weighted by atomic mass is 9.92. The minimum Gasteiger partial charge on any atom is -0.355 e. The molecule has 4 heteroatoms. The van der Waals surface area contributed by atoms with Gasteiger partial charge in [0.15, 0.2) is 0 Å². The first-order valence-corrected chi connectivity index (χ1v) is 12.6. The molecular weight excluding hydrogens is 440 g/mol. The highest BCUT2D eigenvalue weighted by Gasteiger charge is 2.09. The van der Waals surface area contributed by atoms with Crippen molar-refractivity contribution >= 4 is 29.4 Å². The number of rotatable bonds is 11. The van der Waals surface area contributed by atoms with Crippen LogP contribution < -0.4 is 10.6 Å². The Labute approximate surface area is 219 Å². The number of allylic oxidation sites excluding steroid dienone is 2. The second kappa shape index (κ2) is 15.4. The van der Waals surface area contributed by atoms with Crippen LogP contribution in [0.4, 0.5) is 5.69 Å². The molecule has 0 aliphatic carbocycles. The van der Waals surface area contributed by atoms with Gasteiger partial charge in [0.1, 0.15) is 5.84 Å². The fourth-order valence-electron chi connectivity index (χ4n) is 3.21. The number of pyridine rings is 1. The molecule has 0 saturated heterocycles. The Kier molecular flexibility index (Phi) is 13.0. The zero-order valence-corrected chi connectivity index (χ0v) is 23.1. The van der Waals surface area contributed by atoms with Crippen molar-refractivity contribution in [2.45, 2.75) is 54.4 Å². The van der Waals surface area contributed by atoms with E-state index >= 15 is 0 Å². The average molecular weight is 485 g/mol. The third-order valence-electron chi connectivity index (χ3n) is 5.15. The zero-order valence-electron chi connectivity index (χ0n) is 23.1. The van der Waals surface area contributed by atoms with Crippen LogP contribution in [0.15, 0.2) is 85.7 Å². The topological polar surface area (TPSA) is 49.3 Å². The van der Waals surface area contributed by atoms with E-state index in [1.807, 2.05) is 63.4 Å². The van der Waals surface area contributed by atoms with E-state index < -0.39 is 0 Å². The van der Waals surface area contributed by atoms with Crippen molar-refractivity contribution in [1.29, 1.82) is 0 Å². The lowest BCUT2D eigenvalue weighted by Gasteiger charge is -2.16. The monoisotopic (exact) mass is 484 g/mol. The van der Waals surface area contributed by atoms with Gasteiger partial charge in [-0.05, 0) is 54.7 Å². The normalized spacial score (nSPS) is 11.3. The average Bonchev–Trinajstić information content (AvgIpc) is 2.85. The highest BCUT2D eigenvalue weighted by Crippen LogP contribution is 2.21. The molecule has 0 spiro atoms. The van der Waals surface area contributed by atoms with Crippen LogP contribution in [-0.2, 0) is 6.42 Å². The van der Waals surface area contributed by atoms with Gasteiger partial charge in [0.2, 0.25) is 0 Å². The van der Waals surface area contributed by atoms with Gasteiger partial charge in [-0.15, -0.1) is 0 Å². The molecule has 2 N–H and O–H groups in total. The van der Waals surface area contributed by atoms with E-state index in [2.05, 4.69) is 79.8 Å². The summed E-state index contributed by atoms with van der Waals surface area (Å²) in [5.74, 6) is 0.761. The van der Waals surface area contributed by atoms with Crippen LogP contribution in [0.2, 0.25) is 0 Å². The first-order chi connectivity index (χ1) is 17.1. The van der Waals surface area contributed by atoms with Gasteiger partial charge in [-0.1, -0.05) is 85.2 Å². The van der Waals surface area contributed by atoms with Gasteiger partial charge < -0.3 is 10.6 Å². The van der Waals surface area contributed by atoms with Crippen LogP contribution in [0.3, 0.4) is 0 Å². The van der Waals surface area contributed by atoms with E-state index in [0.29, 0.717) is 6.42 Å². The first kappa shape index (κ1) is 30.4. The van der Waals surface area contributed by atoms with Crippen LogP contribution in [0.5, 0.6) is 0 Å². The molecule has 0 aliphatic rings. The van der Waals surface area contributed by atoms with Crippen LogP contribution in [-0.4, -0.2) is 17.4 Å². The zero-order chi connectivity index (χ0) is 27.1. The Bertz CT molecular complexity index is 1080. The number of anilines is 1. The summed E-state index contributed by atoms with van der Waals surface area (Å²) < 4.78 is 0. The molecule has 0 atom stereocenters. The molecule has 0 unspecified atom stereocenters. The molecule has 1 aromatic carbocycles. The smallest absolute Gasteiger partial charge is 0.124 e. The second-order valence-electron chi connectivity index (χ2n) is 9.39. The molecule has 0 bridgehead atoms. The predicted molar refractivity (Wildman–Crippen MR) is 162 cm³/mol. The molecule has 2 aromatic rings. The molecule has 4 nitrogen and oxygen atoms in total. The minimum absolute atomic E-state index is 0.258. The molecule has 1 heterocycles. The lowest BCUT2D eigenvalue weighted by Crippen LogP contribution is -2.22. The van der Waals surface area contributed by atoms with Crippen molar-refractivity contribution in [3.63, 3.8) is 0 Å².